The van der Waals surface area contributed by atoms with Crippen molar-refractivity contribution >= 4 is 57.9 Å². The van der Waals surface area contributed by atoms with Crippen molar-refractivity contribution in [2.75, 3.05) is 13.4 Å². The minimum Gasteiger partial charge on any atom is -0.490 e. The number of hydrazone groups is 1. The van der Waals surface area contributed by atoms with Gasteiger partial charge in [-0.2, -0.15) is 5.10 Å². The number of benzene rings is 3. The SMILES string of the molecule is CCOc1cc(/C=N\NC(=O)Cc2ccc3c(c2)OCO3)cc(I)c1OCc1ccc(Cl)cc1Cl. The third kappa shape index (κ3) is 6.71. The van der Waals surface area contributed by atoms with E-state index in [4.69, 9.17) is 42.1 Å². The smallest absolute Gasteiger partial charge is 0.244 e. The van der Waals surface area contributed by atoms with Crippen molar-refractivity contribution in [2.24, 2.45) is 5.10 Å². The zero-order chi connectivity index (χ0) is 24.8. The van der Waals surface area contributed by atoms with Crippen LogP contribution in [0.5, 0.6) is 23.0 Å². The fraction of sp³-hybridized carbons (Fsp3) is 0.200. The van der Waals surface area contributed by atoms with Gasteiger partial charge in [0.25, 0.3) is 0 Å². The fourth-order valence-electron chi connectivity index (χ4n) is 3.31. The van der Waals surface area contributed by atoms with E-state index in [1.807, 2.05) is 25.1 Å². The molecule has 0 aliphatic carbocycles. The lowest BCUT2D eigenvalue weighted by atomic mass is 10.1. The van der Waals surface area contributed by atoms with E-state index in [0.717, 1.165) is 20.3 Å². The predicted octanol–water partition coefficient (Wildman–Crippen LogP) is 6.00. The Morgan fingerprint density at radius 3 is 2.74 bits per heavy atom. The highest BCUT2D eigenvalue weighted by Crippen LogP contribution is 2.35. The van der Waals surface area contributed by atoms with Crippen LogP contribution in [0.25, 0.3) is 0 Å². The number of carbonyl (C=O) groups is 1. The number of nitrogens with zero attached hydrogens (tertiary/aromatic N) is 1. The number of ether oxygens (including phenoxy) is 4. The molecule has 1 aliphatic heterocycles. The number of hydrogen-bond donors (Lipinski definition) is 1. The quantitative estimate of drug-likeness (QED) is 0.179. The number of hydrogen-bond acceptors (Lipinski definition) is 6. The average molecular weight is 627 g/mol. The van der Waals surface area contributed by atoms with Crippen LogP contribution >= 0.6 is 45.8 Å². The molecule has 0 radical (unpaired) electrons. The van der Waals surface area contributed by atoms with Crippen LogP contribution in [0.1, 0.15) is 23.6 Å². The van der Waals surface area contributed by atoms with Crippen molar-refractivity contribution in [3.63, 3.8) is 0 Å². The van der Waals surface area contributed by atoms with E-state index < -0.39 is 0 Å². The molecule has 1 aliphatic rings. The van der Waals surface area contributed by atoms with Crippen molar-refractivity contribution in [3.8, 4) is 23.0 Å². The van der Waals surface area contributed by atoms with E-state index in [1.54, 1.807) is 36.5 Å². The highest BCUT2D eigenvalue weighted by molar-refractivity contribution is 14.1. The molecule has 0 bridgehead atoms. The van der Waals surface area contributed by atoms with Crippen molar-refractivity contribution in [2.45, 2.75) is 20.0 Å². The van der Waals surface area contributed by atoms with Gasteiger partial charge < -0.3 is 18.9 Å². The van der Waals surface area contributed by atoms with E-state index in [2.05, 4.69) is 33.1 Å². The Kier molecular flexibility index (Phi) is 8.59. The molecule has 0 unspecified atom stereocenters. The van der Waals surface area contributed by atoms with E-state index in [0.29, 0.717) is 39.7 Å². The van der Waals surface area contributed by atoms with Crippen LogP contribution in [0.3, 0.4) is 0 Å². The van der Waals surface area contributed by atoms with Gasteiger partial charge in [-0.1, -0.05) is 35.3 Å². The summed E-state index contributed by atoms with van der Waals surface area (Å²) in [5.41, 5.74) is 4.91. The monoisotopic (exact) mass is 626 g/mol. The van der Waals surface area contributed by atoms with E-state index in [9.17, 15) is 4.79 Å². The molecule has 35 heavy (non-hydrogen) atoms. The van der Waals surface area contributed by atoms with Gasteiger partial charge in [0.1, 0.15) is 6.61 Å². The van der Waals surface area contributed by atoms with Gasteiger partial charge in [-0.15, -0.1) is 0 Å². The molecule has 0 saturated heterocycles. The standard InChI is InChI=1S/C25H21Cl2IN2O5/c1-2-32-23-9-16(7-20(28)25(23)33-13-17-4-5-18(26)11-19(17)27)12-29-30-24(31)10-15-3-6-21-22(8-15)35-14-34-21/h3-9,11-12H,2,10,13-14H2,1H3,(H,30,31)/b29-12-. The zero-order valence-electron chi connectivity index (χ0n) is 18.6. The molecule has 182 valence electrons. The van der Waals surface area contributed by atoms with Gasteiger partial charge in [0.05, 0.1) is 22.8 Å². The highest BCUT2D eigenvalue weighted by atomic mass is 127. The molecule has 7 nitrogen and oxygen atoms in total. The molecular formula is C25H21Cl2IN2O5. The van der Waals surface area contributed by atoms with Gasteiger partial charge in [0.2, 0.25) is 12.7 Å². The van der Waals surface area contributed by atoms with E-state index in [-0.39, 0.29) is 25.7 Å². The molecule has 10 heteroatoms. The van der Waals surface area contributed by atoms with Crippen LogP contribution < -0.4 is 24.4 Å². The molecule has 1 N–H and O–H groups in total. The van der Waals surface area contributed by atoms with Crippen LogP contribution in [0, 0.1) is 3.57 Å². The van der Waals surface area contributed by atoms with Crippen molar-refractivity contribution in [1.82, 2.24) is 5.43 Å². The third-order valence-corrected chi connectivity index (χ3v) is 6.31. The highest BCUT2D eigenvalue weighted by Gasteiger charge is 2.15. The summed E-state index contributed by atoms with van der Waals surface area (Å²) >= 11 is 14.4. The Morgan fingerprint density at radius 2 is 1.94 bits per heavy atom. The minimum atomic E-state index is -0.250. The van der Waals surface area contributed by atoms with Gasteiger partial charge in [-0.05, 0) is 77.0 Å². The first-order valence-corrected chi connectivity index (χ1v) is 12.5. The maximum atomic E-state index is 12.3. The topological polar surface area (TPSA) is 78.4 Å². The van der Waals surface area contributed by atoms with Crippen LogP contribution in [0.2, 0.25) is 10.0 Å². The van der Waals surface area contributed by atoms with Crippen molar-refractivity contribution in [3.05, 3.63) is 78.8 Å². The maximum absolute atomic E-state index is 12.3. The van der Waals surface area contributed by atoms with Gasteiger partial charge >= 0.3 is 0 Å². The Morgan fingerprint density at radius 1 is 1.11 bits per heavy atom. The molecule has 3 aromatic rings. The lowest BCUT2D eigenvalue weighted by molar-refractivity contribution is -0.120. The van der Waals surface area contributed by atoms with Crippen LogP contribution in [-0.2, 0) is 17.8 Å². The van der Waals surface area contributed by atoms with Gasteiger partial charge in [-0.3, -0.25) is 4.79 Å². The predicted molar refractivity (Wildman–Crippen MR) is 143 cm³/mol. The molecule has 1 amide bonds. The van der Waals surface area contributed by atoms with Crippen LogP contribution in [-0.4, -0.2) is 25.5 Å². The number of carbonyl (C=O) groups excluding carboxylic acids is 1. The Bertz CT molecular complexity index is 1270. The number of amides is 1. The molecule has 0 fully saturated rings. The first-order chi connectivity index (χ1) is 16.9. The lowest BCUT2D eigenvalue weighted by Gasteiger charge is -2.15. The number of nitrogens with one attached hydrogen (secondary N) is 1. The molecule has 0 aromatic heterocycles. The molecular weight excluding hydrogens is 606 g/mol. The number of fused-ring (bicyclic) bond motifs is 1. The second-order valence-electron chi connectivity index (χ2n) is 7.44. The van der Waals surface area contributed by atoms with Crippen molar-refractivity contribution in [1.29, 1.82) is 0 Å². The second kappa shape index (κ2) is 11.8. The first-order valence-electron chi connectivity index (χ1n) is 10.7. The van der Waals surface area contributed by atoms with Crippen LogP contribution in [0.4, 0.5) is 0 Å². The molecule has 1 heterocycles. The summed E-state index contributed by atoms with van der Waals surface area (Å²) < 4.78 is 23.3. The maximum Gasteiger partial charge on any atom is 0.244 e. The summed E-state index contributed by atoms with van der Waals surface area (Å²) in [4.78, 5) is 12.3. The van der Waals surface area contributed by atoms with Crippen molar-refractivity contribution < 1.29 is 23.7 Å². The fourth-order valence-corrected chi connectivity index (χ4v) is 4.55. The third-order valence-electron chi connectivity index (χ3n) is 4.92. The average Bonchev–Trinajstić information content (AvgIpc) is 3.28. The van der Waals surface area contributed by atoms with Gasteiger partial charge in [0, 0.05) is 15.6 Å². The summed E-state index contributed by atoms with van der Waals surface area (Å²) in [6, 6.07) is 14.4. The minimum absolute atomic E-state index is 0.162. The Labute approximate surface area is 226 Å². The molecule has 0 atom stereocenters. The summed E-state index contributed by atoms with van der Waals surface area (Å²) in [5, 5.41) is 5.18. The largest absolute Gasteiger partial charge is 0.490 e. The summed E-state index contributed by atoms with van der Waals surface area (Å²) in [5.74, 6) is 2.23. The van der Waals surface area contributed by atoms with Gasteiger partial charge in [0.15, 0.2) is 23.0 Å². The summed E-state index contributed by atoms with van der Waals surface area (Å²) in [7, 11) is 0. The lowest BCUT2D eigenvalue weighted by Crippen LogP contribution is -2.19. The Balaban J connectivity index is 1.40. The normalized spacial score (nSPS) is 12.1. The van der Waals surface area contributed by atoms with Crippen LogP contribution in [0.15, 0.2) is 53.6 Å². The summed E-state index contributed by atoms with van der Waals surface area (Å²) in [6.07, 6.45) is 1.72. The molecule has 0 spiro atoms. The van der Waals surface area contributed by atoms with Gasteiger partial charge in [-0.25, -0.2) is 5.43 Å². The second-order valence-corrected chi connectivity index (χ2v) is 9.45. The van der Waals surface area contributed by atoms with E-state index >= 15 is 0 Å². The number of rotatable bonds is 9. The van der Waals surface area contributed by atoms with E-state index in [1.165, 1.54) is 0 Å². The molecule has 4 rings (SSSR count). The molecule has 0 saturated carbocycles. The Hall–Kier alpha value is -2.69. The first kappa shape index (κ1) is 25.4. The molecule has 3 aromatic carbocycles. The number of halogens is 3. The zero-order valence-corrected chi connectivity index (χ0v) is 22.3. The summed E-state index contributed by atoms with van der Waals surface area (Å²) in [6.45, 7) is 2.80.